The van der Waals surface area contributed by atoms with Gasteiger partial charge in [0.1, 0.15) is 5.52 Å². The van der Waals surface area contributed by atoms with E-state index in [9.17, 15) is 4.79 Å². The molecule has 0 aliphatic carbocycles. The van der Waals surface area contributed by atoms with Crippen molar-refractivity contribution in [2.24, 2.45) is 0 Å². The summed E-state index contributed by atoms with van der Waals surface area (Å²) in [6.45, 7) is 0.716. The monoisotopic (exact) mass is 219 g/mol. The van der Waals surface area contributed by atoms with Crippen LogP contribution in [0, 0.1) is 0 Å². The molecule has 0 aliphatic rings. The number of nitrogens with zero attached hydrogens (tertiary/aromatic N) is 3. The highest BCUT2D eigenvalue weighted by Gasteiger charge is 2.03. The molecule has 0 spiro atoms. The Morgan fingerprint density at radius 3 is 2.94 bits per heavy atom. The maximum Gasteiger partial charge on any atom is 0.303 e. The van der Waals surface area contributed by atoms with Crippen LogP contribution < -0.4 is 0 Å². The second-order valence-electron chi connectivity index (χ2n) is 3.65. The summed E-state index contributed by atoms with van der Waals surface area (Å²) in [7, 11) is 0. The summed E-state index contributed by atoms with van der Waals surface area (Å²) < 4.78 is 1.82. The topological polar surface area (TPSA) is 68.0 Å². The number of fused-ring (bicyclic) bond motifs is 1. The van der Waals surface area contributed by atoms with Gasteiger partial charge in [0.15, 0.2) is 0 Å². The van der Waals surface area contributed by atoms with Gasteiger partial charge in [0.05, 0.1) is 5.52 Å². The Bertz CT molecular complexity index is 493. The van der Waals surface area contributed by atoms with Crippen molar-refractivity contribution in [3.05, 3.63) is 24.3 Å². The predicted molar refractivity (Wildman–Crippen MR) is 59.0 cm³/mol. The minimum atomic E-state index is -0.747. The lowest BCUT2D eigenvalue weighted by Gasteiger charge is -2.00. The Balaban J connectivity index is 1.97. The minimum absolute atomic E-state index is 0.215. The number of benzene rings is 1. The number of rotatable bonds is 5. The van der Waals surface area contributed by atoms with Gasteiger partial charge in [-0.05, 0) is 25.0 Å². The Morgan fingerprint density at radius 1 is 1.31 bits per heavy atom. The maximum absolute atomic E-state index is 10.3. The lowest BCUT2D eigenvalue weighted by atomic mass is 10.2. The smallest absolute Gasteiger partial charge is 0.303 e. The summed E-state index contributed by atoms with van der Waals surface area (Å²) in [5.74, 6) is -0.747. The first-order valence-electron chi connectivity index (χ1n) is 5.27. The van der Waals surface area contributed by atoms with Crippen molar-refractivity contribution in [3.63, 3.8) is 0 Å². The van der Waals surface area contributed by atoms with E-state index in [-0.39, 0.29) is 6.42 Å². The second-order valence-corrected chi connectivity index (χ2v) is 3.65. The predicted octanol–water partition coefficient (Wildman–Crippen LogP) is 1.69. The van der Waals surface area contributed by atoms with Gasteiger partial charge in [0.25, 0.3) is 0 Å². The number of carboxylic acids is 1. The van der Waals surface area contributed by atoms with Crippen LogP contribution in [0.1, 0.15) is 19.3 Å². The number of unbranched alkanes of at least 4 members (excludes halogenated alkanes) is 1. The molecule has 1 N–H and O–H groups in total. The average Bonchev–Trinajstić information content (AvgIpc) is 2.68. The molecule has 2 aromatic rings. The van der Waals surface area contributed by atoms with E-state index in [1.807, 2.05) is 28.9 Å². The number of aliphatic carboxylic acids is 1. The Kier molecular flexibility index (Phi) is 3.14. The van der Waals surface area contributed by atoms with Crippen molar-refractivity contribution in [1.82, 2.24) is 15.0 Å². The van der Waals surface area contributed by atoms with Crippen LogP contribution in [0.2, 0.25) is 0 Å². The number of carboxylic acid groups (broad SMARTS) is 1. The van der Waals surface area contributed by atoms with Crippen LogP contribution in [-0.2, 0) is 11.3 Å². The molecule has 0 aliphatic heterocycles. The van der Waals surface area contributed by atoms with Gasteiger partial charge < -0.3 is 5.11 Å². The Morgan fingerprint density at radius 2 is 2.12 bits per heavy atom. The third-order valence-electron chi connectivity index (χ3n) is 2.43. The second kappa shape index (κ2) is 4.74. The number of aromatic nitrogens is 3. The van der Waals surface area contributed by atoms with E-state index < -0.39 is 5.97 Å². The molecule has 0 atom stereocenters. The molecule has 0 unspecified atom stereocenters. The third kappa shape index (κ3) is 2.36. The normalized spacial score (nSPS) is 10.8. The first-order chi connectivity index (χ1) is 7.77. The molecule has 1 aromatic heterocycles. The van der Waals surface area contributed by atoms with Crippen molar-refractivity contribution >= 4 is 17.0 Å². The summed E-state index contributed by atoms with van der Waals surface area (Å²) in [5, 5.41) is 16.6. The number of aryl methyl sites for hydroxylation is 1. The van der Waals surface area contributed by atoms with Crippen LogP contribution in [-0.4, -0.2) is 26.1 Å². The van der Waals surface area contributed by atoms with E-state index in [4.69, 9.17) is 5.11 Å². The molecule has 0 bridgehead atoms. The van der Waals surface area contributed by atoms with Crippen molar-refractivity contribution < 1.29 is 9.90 Å². The van der Waals surface area contributed by atoms with E-state index in [2.05, 4.69) is 10.3 Å². The fraction of sp³-hybridized carbons (Fsp3) is 0.364. The summed E-state index contributed by atoms with van der Waals surface area (Å²) in [4.78, 5) is 10.3. The van der Waals surface area contributed by atoms with E-state index in [1.54, 1.807) is 0 Å². The molecular weight excluding hydrogens is 206 g/mol. The summed E-state index contributed by atoms with van der Waals surface area (Å²) in [6.07, 6.45) is 1.69. The van der Waals surface area contributed by atoms with Gasteiger partial charge in [-0.1, -0.05) is 17.3 Å². The van der Waals surface area contributed by atoms with Crippen LogP contribution >= 0.6 is 0 Å². The van der Waals surface area contributed by atoms with Crippen molar-refractivity contribution in [2.45, 2.75) is 25.8 Å². The molecule has 0 saturated carbocycles. The first-order valence-corrected chi connectivity index (χ1v) is 5.27. The van der Waals surface area contributed by atoms with Crippen molar-refractivity contribution in [1.29, 1.82) is 0 Å². The molecule has 1 aromatic carbocycles. The van der Waals surface area contributed by atoms with Gasteiger partial charge in [0, 0.05) is 13.0 Å². The molecule has 0 radical (unpaired) electrons. The maximum atomic E-state index is 10.3. The highest BCUT2D eigenvalue weighted by atomic mass is 16.4. The summed E-state index contributed by atoms with van der Waals surface area (Å²) >= 11 is 0. The number of hydrogen-bond donors (Lipinski definition) is 1. The molecule has 2 rings (SSSR count). The van der Waals surface area contributed by atoms with Gasteiger partial charge in [-0.25, -0.2) is 4.68 Å². The van der Waals surface area contributed by atoms with Crippen LogP contribution in [0.4, 0.5) is 0 Å². The summed E-state index contributed by atoms with van der Waals surface area (Å²) in [6, 6.07) is 7.74. The van der Waals surface area contributed by atoms with E-state index in [0.29, 0.717) is 13.0 Å². The third-order valence-corrected chi connectivity index (χ3v) is 2.43. The minimum Gasteiger partial charge on any atom is -0.481 e. The molecular formula is C11H13N3O2. The first kappa shape index (κ1) is 10.6. The van der Waals surface area contributed by atoms with E-state index in [1.165, 1.54) is 0 Å². The SMILES string of the molecule is O=C(O)CCCCn1nnc2ccccc21. The number of para-hydroxylation sites is 1. The molecule has 0 saturated heterocycles. The molecule has 16 heavy (non-hydrogen) atoms. The standard InChI is InChI=1S/C11H13N3O2/c15-11(16)7-3-4-8-14-10-6-2-1-5-9(10)12-13-14/h1-2,5-6H,3-4,7-8H2,(H,15,16). The largest absolute Gasteiger partial charge is 0.481 e. The zero-order chi connectivity index (χ0) is 11.4. The van der Waals surface area contributed by atoms with Gasteiger partial charge in [-0.3, -0.25) is 4.79 Å². The number of carbonyl (C=O) groups is 1. The molecule has 0 amide bonds. The van der Waals surface area contributed by atoms with Crippen LogP contribution in [0.25, 0.3) is 11.0 Å². The summed E-state index contributed by atoms with van der Waals surface area (Å²) in [5.41, 5.74) is 1.87. The van der Waals surface area contributed by atoms with Gasteiger partial charge >= 0.3 is 5.97 Å². The molecule has 5 nitrogen and oxygen atoms in total. The highest BCUT2D eigenvalue weighted by molar-refractivity contribution is 5.73. The lowest BCUT2D eigenvalue weighted by molar-refractivity contribution is -0.137. The molecule has 1 heterocycles. The van der Waals surface area contributed by atoms with Gasteiger partial charge in [-0.2, -0.15) is 0 Å². The number of hydrogen-bond acceptors (Lipinski definition) is 3. The van der Waals surface area contributed by atoms with Crippen LogP contribution in [0.15, 0.2) is 24.3 Å². The van der Waals surface area contributed by atoms with Gasteiger partial charge in [-0.15, -0.1) is 5.10 Å². The zero-order valence-corrected chi connectivity index (χ0v) is 8.83. The van der Waals surface area contributed by atoms with Crippen LogP contribution in [0.3, 0.4) is 0 Å². The lowest BCUT2D eigenvalue weighted by Crippen LogP contribution is -2.02. The van der Waals surface area contributed by atoms with E-state index in [0.717, 1.165) is 17.5 Å². The van der Waals surface area contributed by atoms with Crippen molar-refractivity contribution in [2.75, 3.05) is 0 Å². The molecule has 84 valence electrons. The average molecular weight is 219 g/mol. The van der Waals surface area contributed by atoms with Crippen molar-refractivity contribution in [3.8, 4) is 0 Å². The van der Waals surface area contributed by atoms with Gasteiger partial charge in [0.2, 0.25) is 0 Å². The molecule has 0 fully saturated rings. The Labute approximate surface area is 92.7 Å². The fourth-order valence-corrected chi connectivity index (χ4v) is 1.62. The van der Waals surface area contributed by atoms with E-state index >= 15 is 0 Å². The van der Waals surface area contributed by atoms with Crippen LogP contribution in [0.5, 0.6) is 0 Å². The zero-order valence-electron chi connectivity index (χ0n) is 8.83. The molecule has 5 heteroatoms. The fourth-order valence-electron chi connectivity index (χ4n) is 1.62. The Hall–Kier alpha value is -1.91. The quantitative estimate of drug-likeness (QED) is 0.777. The highest BCUT2D eigenvalue weighted by Crippen LogP contribution is 2.10.